The second-order valence-corrected chi connectivity index (χ2v) is 5.44. The molecule has 0 amide bonds. The minimum Gasteiger partial charge on any atom is -0.481 e. The second kappa shape index (κ2) is 6.37. The smallest absolute Gasteiger partial charge is 0.481 e. The van der Waals surface area contributed by atoms with E-state index >= 15 is 0 Å². The number of aliphatic carboxylic acids is 1. The van der Waals surface area contributed by atoms with Gasteiger partial charge in [0, 0.05) is 0 Å². The van der Waals surface area contributed by atoms with Crippen molar-refractivity contribution in [2.75, 3.05) is 0 Å². The minimum atomic E-state index is -4.71. The second-order valence-electron chi connectivity index (χ2n) is 5.44. The molecule has 1 rings (SSSR count). The quantitative estimate of drug-likeness (QED) is 0.836. The average Bonchev–Trinajstić information content (AvgIpc) is 2.37. The molecule has 0 fully saturated rings. The third-order valence-corrected chi connectivity index (χ3v) is 3.74. The molecule has 3 nitrogen and oxygen atoms in total. The first-order valence-electron chi connectivity index (χ1n) is 6.66. The van der Waals surface area contributed by atoms with E-state index in [0.29, 0.717) is 12.8 Å². The zero-order valence-corrected chi connectivity index (χ0v) is 12.2. The molecule has 0 aliphatic rings. The van der Waals surface area contributed by atoms with Crippen LogP contribution in [0.1, 0.15) is 45.1 Å². The minimum absolute atomic E-state index is 0.0778. The summed E-state index contributed by atoms with van der Waals surface area (Å²) in [5.41, 5.74) is -0.0638. The highest BCUT2D eigenvalue weighted by Crippen LogP contribution is 2.35. The van der Waals surface area contributed by atoms with Crippen LogP contribution in [0, 0.1) is 5.41 Å². The van der Waals surface area contributed by atoms with Gasteiger partial charge in [-0.15, -0.1) is 13.2 Å². The number of alkyl halides is 3. The molecule has 2 atom stereocenters. The zero-order valence-electron chi connectivity index (χ0n) is 12.2. The summed E-state index contributed by atoms with van der Waals surface area (Å²) in [4.78, 5) is 11.3. The van der Waals surface area contributed by atoms with Crippen LogP contribution in [0.25, 0.3) is 0 Å². The molecule has 0 radical (unpaired) electrons. The SMILES string of the molecule is CCC(C)(CC(C)c1ccc(OC(F)(F)F)cc1)C(=O)O. The van der Waals surface area contributed by atoms with Gasteiger partial charge in [0.2, 0.25) is 0 Å². The average molecular weight is 304 g/mol. The Kier molecular flexibility index (Phi) is 5.25. The van der Waals surface area contributed by atoms with Gasteiger partial charge in [-0.3, -0.25) is 4.79 Å². The number of carboxylic acid groups (broad SMARTS) is 1. The summed E-state index contributed by atoms with van der Waals surface area (Å²) in [5, 5.41) is 9.26. The predicted octanol–water partition coefficient (Wildman–Crippen LogP) is 4.58. The lowest BCUT2D eigenvalue weighted by molar-refractivity contribution is -0.274. The van der Waals surface area contributed by atoms with Crippen LogP contribution in [-0.4, -0.2) is 17.4 Å². The first-order valence-corrected chi connectivity index (χ1v) is 6.66. The molecule has 2 unspecified atom stereocenters. The molecule has 0 aliphatic heterocycles. The molecule has 6 heteroatoms. The molecule has 0 spiro atoms. The van der Waals surface area contributed by atoms with Gasteiger partial charge in [-0.2, -0.15) is 0 Å². The van der Waals surface area contributed by atoms with Crippen LogP contribution in [0.2, 0.25) is 0 Å². The Morgan fingerprint density at radius 2 is 1.81 bits per heavy atom. The standard InChI is InChI=1S/C15H19F3O3/c1-4-14(3,13(19)20)9-10(2)11-5-7-12(8-6-11)21-15(16,17)18/h5-8,10H,4,9H2,1-3H3,(H,19,20). The first kappa shape index (κ1) is 17.3. The summed E-state index contributed by atoms with van der Waals surface area (Å²) in [6.45, 7) is 5.34. The highest BCUT2D eigenvalue weighted by atomic mass is 19.4. The number of ether oxygens (including phenoxy) is 1. The Hall–Kier alpha value is -1.72. The fraction of sp³-hybridized carbons (Fsp3) is 0.533. The Morgan fingerprint density at radius 1 is 1.29 bits per heavy atom. The summed E-state index contributed by atoms with van der Waals surface area (Å²) in [6.07, 6.45) is -3.81. The van der Waals surface area contributed by atoms with E-state index in [1.54, 1.807) is 13.8 Å². The monoisotopic (exact) mass is 304 g/mol. The van der Waals surface area contributed by atoms with Crippen molar-refractivity contribution in [1.29, 1.82) is 0 Å². The number of hydrogen-bond donors (Lipinski definition) is 1. The van der Waals surface area contributed by atoms with Gasteiger partial charge in [-0.05, 0) is 43.4 Å². The molecular weight excluding hydrogens is 285 g/mol. The zero-order chi connectivity index (χ0) is 16.3. The fourth-order valence-corrected chi connectivity index (χ4v) is 2.17. The van der Waals surface area contributed by atoms with E-state index in [1.807, 2.05) is 6.92 Å². The number of carboxylic acids is 1. The van der Waals surface area contributed by atoms with Crippen LogP contribution in [0.3, 0.4) is 0 Å². The summed E-state index contributed by atoms with van der Waals surface area (Å²) in [6, 6.07) is 5.54. The van der Waals surface area contributed by atoms with E-state index in [4.69, 9.17) is 0 Å². The summed E-state index contributed by atoms with van der Waals surface area (Å²) in [5.74, 6) is -1.23. The Labute approximate surface area is 121 Å². The normalized spacial score (nSPS) is 16.1. The molecule has 21 heavy (non-hydrogen) atoms. The molecule has 0 aliphatic carbocycles. The summed E-state index contributed by atoms with van der Waals surface area (Å²) >= 11 is 0. The lowest BCUT2D eigenvalue weighted by Crippen LogP contribution is -2.28. The van der Waals surface area contributed by atoms with Crippen LogP contribution >= 0.6 is 0 Å². The molecule has 0 saturated carbocycles. The fourth-order valence-electron chi connectivity index (χ4n) is 2.17. The maximum absolute atomic E-state index is 12.1. The van der Waals surface area contributed by atoms with Crippen molar-refractivity contribution in [3.8, 4) is 5.75 Å². The number of carbonyl (C=O) groups is 1. The van der Waals surface area contributed by atoms with Crippen molar-refractivity contribution in [2.45, 2.75) is 45.9 Å². The molecule has 1 aromatic carbocycles. The van der Waals surface area contributed by atoms with Crippen molar-refractivity contribution in [3.05, 3.63) is 29.8 Å². The Bertz CT molecular complexity index is 482. The van der Waals surface area contributed by atoms with E-state index in [9.17, 15) is 23.1 Å². The van der Waals surface area contributed by atoms with Crippen LogP contribution in [0.15, 0.2) is 24.3 Å². The highest BCUT2D eigenvalue weighted by molar-refractivity contribution is 5.74. The molecular formula is C15H19F3O3. The highest BCUT2D eigenvalue weighted by Gasteiger charge is 2.33. The summed E-state index contributed by atoms with van der Waals surface area (Å²) in [7, 11) is 0. The molecule has 0 heterocycles. The lowest BCUT2D eigenvalue weighted by Gasteiger charge is -2.27. The largest absolute Gasteiger partial charge is 0.573 e. The lowest BCUT2D eigenvalue weighted by atomic mass is 9.77. The van der Waals surface area contributed by atoms with Gasteiger partial charge in [-0.1, -0.05) is 26.0 Å². The van der Waals surface area contributed by atoms with Crippen molar-refractivity contribution in [2.24, 2.45) is 5.41 Å². The van der Waals surface area contributed by atoms with E-state index in [1.165, 1.54) is 24.3 Å². The van der Waals surface area contributed by atoms with Gasteiger partial charge in [0.25, 0.3) is 0 Å². The number of hydrogen-bond acceptors (Lipinski definition) is 2. The van der Waals surface area contributed by atoms with E-state index in [-0.39, 0.29) is 11.7 Å². The third-order valence-electron chi connectivity index (χ3n) is 3.74. The maximum Gasteiger partial charge on any atom is 0.573 e. The Morgan fingerprint density at radius 3 is 2.19 bits per heavy atom. The maximum atomic E-state index is 12.1. The van der Waals surface area contributed by atoms with Crippen molar-refractivity contribution >= 4 is 5.97 Å². The molecule has 118 valence electrons. The van der Waals surface area contributed by atoms with Gasteiger partial charge in [0.05, 0.1) is 5.41 Å². The van der Waals surface area contributed by atoms with Crippen LogP contribution < -0.4 is 4.74 Å². The molecule has 1 N–H and O–H groups in total. The summed E-state index contributed by atoms with van der Waals surface area (Å²) < 4.78 is 40.0. The molecule has 1 aromatic rings. The van der Waals surface area contributed by atoms with Crippen molar-refractivity contribution < 1.29 is 27.8 Å². The van der Waals surface area contributed by atoms with E-state index in [2.05, 4.69) is 4.74 Å². The van der Waals surface area contributed by atoms with Gasteiger partial charge < -0.3 is 9.84 Å². The van der Waals surface area contributed by atoms with E-state index in [0.717, 1.165) is 5.56 Å². The van der Waals surface area contributed by atoms with Gasteiger partial charge in [0.15, 0.2) is 0 Å². The predicted molar refractivity (Wildman–Crippen MR) is 72.2 cm³/mol. The van der Waals surface area contributed by atoms with Crippen LogP contribution in [0.5, 0.6) is 5.75 Å². The number of rotatable bonds is 6. The number of halogens is 3. The first-order chi connectivity index (χ1) is 9.57. The van der Waals surface area contributed by atoms with Gasteiger partial charge >= 0.3 is 12.3 Å². The number of benzene rings is 1. The topological polar surface area (TPSA) is 46.5 Å². The van der Waals surface area contributed by atoms with Gasteiger partial charge in [0.1, 0.15) is 5.75 Å². The van der Waals surface area contributed by atoms with Crippen molar-refractivity contribution in [1.82, 2.24) is 0 Å². The van der Waals surface area contributed by atoms with Gasteiger partial charge in [-0.25, -0.2) is 0 Å². The molecule has 0 saturated heterocycles. The van der Waals surface area contributed by atoms with E-state index < -0.39 is 17.7 Å². The molecule has 0 bridgehead atoms. The van der Waals surface area contributed by atoms with Crippen LogP contribution in [0.4, 0.5) is 13.2 Å². The van der Waals surface area contributed by atoms with Crippen molar-refractivity contribution in [3.63, 3.8) is 0 Å². The van der Waals surface area contributed by atoms with Crippen LogP contribution in [-0.2, 0) is 4.79 Å². The third kappa shape index (κ3) is 4.95. The Balaban J connectivity index is 2.80. The molecule has 0 aromatic heterocycles.